The number of aryl methyl sites for hydroxylation is 1. The lowest BCUT2D eigenvalue weighted by Gasteiger charge is -2.23. The monoisotopic (exact) mass is 409 g/mol. The molecule has 0 unspecified atom stereocenters. The molecule has 0 aliphatic carbocycles. The molecule has 0 spiro atoms. The van der Waals surface area contributed by atoms with Gasteiger partial charge in [-0.2, -0.15) is 5.26 Å². The Morgan fingerprint density at radius 3 is 2.52 bits per heavy atom. The predicted molar refractivity (Wildman–Crippen MR) is 127 cm³/mol. The van der Waals surface area contributed by atoms with Gasteiger partial charge in [0.2, 0.25) is 0 Å². The maximum atomic E-state index is 9.44. The number of fused-ring (bicyclic) bond motifs is 1. The van der Waals surface area contributed by atoms with Crippen molar-refractivity contribution in [2.75, 3.05) is 18.0 Å². The van der Waals surface area contributed by atoms with Crippen molar-refractivity contribution < 1.29 is 4.42 Å². The first-order valence-corrected chi connectivity index (χ1v) is 10.9. The number of hydrogen-bond donors (Lipinski definition) is 0. The molecule has 0 N–H and O–H groups in total. The molecule has 31 heavy (non-hydrogen) atoms. The number of furan rings is 1. The van der Waals surface area contributed by atoms with Crippen molar-refractivity contribution >= 4 is 16.5 Å². The highest BCUT2D eigenvalue weighted by Gasteiger charge is 2.14. The average Bonchev–Trinajstić information content (AvgIpc) is 3.28. The molecule has 4 heteroatoms. The van der Waals surface area contributed by atoms with Crippen LogP contribution in [0, 0.1) is 18.3 Å². The fourth-order valence-electron chi connectivity index (χ4n) is 4.01. The van der Waals surface area contributed by atoms with Crippen molar-refractivity contribution in [1.82, 2.24) is 4.98 Å². The van der Waals surface area contributed by atoms with Gasteiger partial charge in [0.15, 0.2) is 0 Å². The van der Waals surface area contributed by atoms with Gasteiger partial charge in [-0.15, -0.1) is 0 Å². The van der Waals surface area contributed by atoms with Crippen molar-refractivity contribution in [3.05, 3.63) is 72.1 Å². The molecule has 2 aromatic carbocycles. The Balaban J connectivity index is 1.66. The molecule has 0 aliphatic heterocycles. The molecule has 0 atom stereocenters. The molecule has 4 aromatic rings. The van der Waals surface area contributed by atoms with E-state index in [0.29, 0.717) is 11.3 Å². The fraction of sp³-hybridized carbons (Fsp3) is 0.259. The van der Waals surface area contributed by atoms with Crippen LogP contribution >= 0.6 is 0 Å². The van der Waals surface area contributed by atoms with Crippen LogP contribution in [0.1, 0.15) is 37.8 Å². The fourth-order valence-corrected chi connectivity index (χ4v) is 4.01. The van der Waals surface area contributed by atoms with Gasteiger partial charge in [-0.25, -0.2) is 0 Å². The highest BCUT2D eigenvalue weighted by Crippen LogP contribution is 2.34. The number of nitriles is 1. The molecule has 2 heterocycles. The second kappa shape index (κ2) is 9.06. The van der Waals surface area contributed by atoms with Crippen LogP contribution < -0.4 is 4.90 Å². The van der Waals surface area contributed by atoms with Crippen molar-refractivity contribution in [2.45, 2.75) is 33.6 Å². The van der Waals surface area contributed by atoms with Crippen LogP contribution in [0.5, 0.6) is 0 Å². The van der Waals surface area contributed by atoms with Gasteiger partial charge in [0, 0.05) is 42.3 Å². The van der Waals surface area contributed by atoms with Gasteiger partial charge in [-0.05, 0) is 66.9 Å². The summed E-state index contributed by atoms with van der Waals surface area (Å²) in [5.74, 6) is 1.48. The molecule has 2 aromatic heterocycles. The number of pyridine rings is 1. The van der Waals surface area contributed by atoms with Crippen molar-refractivity contribution in [2.24, 2.45) is 0 Å². The van der Waals surface area contributed by atoms with E-state index >= 15 is 0 Å². The summed E-state index contributed by atoms with van der Waals surface area (Å²) in [4.78, 5) is 6.54. The maximum absolute atomic E-state index is 9.44. The van der Waals surface area contributed by atoms with Crippen molar-refractivity contribution in [3.63, 3.8) is 0 Å². The van der Waals surface area contributed by atoms with E-state index in [9.17, 15) is 5.26 Å². The third kappa shape index (κ3) is 4.18. The third-order valence-electron chi connectivity index (χ3n) is 5.75. The van der Waals surface area contributed by atoms with E-state index in [-0.39, 0.29) is 0 Å². The summed E-state index contributed by atoms with van der Waals surface area (Å²) in [7, 11) is 0. The molecule has 4 nitrogen and oxygen atoms in total. The number of aromatic nitrogens is 1. The lowest BCUT2D eigenvalue weighted by Crippen LogP contribution is -2.23. The van der Waals surface area contributed by atoms with E-state index in [1.165, 1.54) is 29.3 Å². The zero-order chi connectivity index (χ0) is 21.8. The smallest absolute Gasteiger partial charge is 0.136 e. The topological polar surface area (TPSA) is 53.1 Å². The molecular formula is C27H27N3O. The second-order valence-corrected chi connectivity index (χ2v) is 7.83. The lowest BCUT2D eigenvalue weighted by molar-refractivity contribution is 0.597. The van der Waals surface area contributed by atoms with Gasteiger partial charge in [-0.1, -0.05) is 31.5 Å². The van der Waals surface area contributed by atoms with Crippen LogP contribution in [-0.4, -0.2) is 18.1 Å². The van der Waals surface area contributed by atoms with E-state index < -0.39 is 0 Å². The van der Waals surface area contributed by atoms with E-state index in [1.54, 1.807) is 12.4 Å². The third-order valence-corrected chi connectivity index (χ3v) is 5.75. The van der Waals surface area contributed by atoms with Gasteiger partial charge < -0.3 is 9.32 Å². The van der Waals surface area contributed by atoms with Crippen LogP contribution in [0.25, 0.3) is 33.4 Å². The van der Waals surface area contributed by atoms with Gasteiger partial charge in [0.1, 0.15) is 17.6 Å². The van der Waals surface area contributed by atoms with Crippen LogP contribution in [0.2, 0.25) is 0 Å². The molecule has 0 amide bonds. The summed E-state index contributed by atoms with van der Waals surface area (Å²) in [5, 5.41) is 11.8. The molecule has 0 aliphatic rings. The summed E-state index contributed by atoms with van der Waals surface area (Å²) in [6.45, 7) is 8.48. The Morgan fingerprint density at radius 1 is 0.968 bits per heavy atom. The standard InChI is InChI=1S/C27H27N3O/c1-4-6-13-30(5-2)24-10-9-20-14-22(8-7-21(20)15-24)25-11-12-26(31-25)27-19(3)17-29-18-23(27)16-28/h7-12,14-15,17-18H,4-6,13H2,1-3H3. The van der Waals surface area contributed by atoms with Crippen molar-refractivity contribution in [3.8, 4) is 28.7 Å². The predicted octanol–water partition coefficient (Wildman–Crippen LogP) is 6.97. The second-order valence-electron chi connectivity index (χ2n) is 7.83. The largest absolute Gasteiger partial charge is 0.456 e. The molecule has 4 rings (SSSR count). The number of unbranched alkanes of at least 4 members (excludes halogenated alkanes) is 1. The molecular weight excluding hydrogens is 382 g/mol. The van der Waals surface area contributed by atoms with Crippen LogP contribution in [0.3, 0.4) is 0 Å². The average molecular weight is 410 g/mol. The molecule has 0 saturated carbocycles. The molecule has 0 saturated heterocycles. The summed E-state index contributed by atoms with van der Waals surface area (Å²) in [5.41, 5.74) is 4.55. The maximum Gasteiger partial charge on any atom is 0.136 e. The minimum absolute atomic E-state index is 0.524. The van der Waals surface area contributed by atoms with E-state index in [4.69, 9.17) is 4.42 Å². The minimum Gasteiger partial charge on any atom is -0.456 e. The Morgan fingerprint density at radius 2 is 1.74 bits per heavy atom. The molecule has 0 radical (unpaired) electrons. The number of rotatable bonds is 7. The Kier molecular flexibility index (Phi) is 6.04. The van der Waals surface area contributed by atoms with Crippen molar-refractivity contribution in [1.29, 1.82) is 5.26 Å². The quantitative estimate of drug-likeness (QED) is 0.331. The zero-order valence-electron chi connectivity index (χ0n) is 18.4. The van der Waals surface area contributed by atoms with Gasteiger partial charge in [0.25, 0.3) is 0 Å². The highest BCUT2D eigenvalue weighted by atomic mass is 16.3. The van der Waals surface area contributed by atoms with Crippen LogP contribution in [0.15, 0.2) is 65.3 Å². The van der Waals surface area contributed by atoms with Gasteiger partial charge in [0.05, 0.1) is 5.56 Å². The Bertz CT molecular complexity index is 1250. The number of anilines is 1. The number of nitrogens with zero attached hydrogens (tertiary/aromatic N) is 3. The first-order valence-electron chi connectivity index (χ1n) is 10.9. The first-order chi connectivity index (χ1) is 15.1. The van der Waals surface area contributed by atoms with Crippen LogP contribution in [-0.2, 0) is 0 Å². The SMILES string of the molecule is CCCCN(CC)c1ccc2cc(-c3ccc(-c4c(C)cncc4C#N)o3)ccc2c1. The number of benzene rings is 2. The Labute approximate surface area is 183 Å². The summed E-state index contributed by atoms with van der Waals surface area (Å²) in [6, 6.07) is 19.2. The van der Waals surface area contributed by atoms with Crippen LogP contribution in [0.4, 0.5) is 5.69 Å². The first kappa shape index (κ1) is 20.7. The normalized spacial score (nSPS) is 10.9. The van der Waals surface area contributed by atoms with E-state index in [1.807, 2.05) is 19.1 Å². The summed E-state index contributed by atoms with van der Waals surface area (Å²) >= 11 is 0. The lowest BCUT2D eigenvalue weighted by atomic mass is 10.0. The summed E-state index contributed by atoms with van der Waals surface area (Å²) < 4.78 is 6.16. The van der Waals surface area contributed by atoms with E-state index in [0.717, 1.165) is 35.5 Å². The van der Waals surface area contributed by atoms with E-state index in [2.05, 4.69) is 66.2 Å². The molecule has 156 valence electrons. The van der Waals surface area contributed by atoms with Gasteiger partial charge >= 0.3 is 0 Å². The molecule has 0 fully saturated rings. The summed E-state index contributed by atoms with van der Waals surface area (Å²) in [6.07, 6.45) is 5.74. The molecule has 0 bridgehead atoms. The zero-order valence-corrected chi connectivity index (χ0v) is 18.4. The van der Waals surface area contributed by atoms with Gasteiger partial charge in [-0.3, -0.25) is 4.98 Å². The number of hydrogen-bond acceptors (Lipinski definition) is 4. The highest BCUT2D eigenvalue weighted by molar-refractivity contribution is 5.89. The minimum atomic E-state index is 0.524. The Hall–Kier alpha value is -3.58.